The van der Waals surface area contributed by atoms with Crippen LogP contribution >= 0.6 is 15.9 Å². The molecule has 1 N–H and O–H groups in total. The van der Waals surface area contributed by atoms with Crippen molar-refractivity contribution in [3.8, 4) is 0 Å². The van der Waals surface area contributed by atoms with Crippen molar-refractivity contribution in [2.24, 2.45) is 0 Å². The predicted molar refractivity (Wildman–Crippen MR) is 68.5 cm³/mol. The molecule has 0 bridgehead atoms. The molecule has 0 aromatic carbocycles. The van der Waals surface area contributed by atoms with Gasteiger partial charge in [0, 0.05) is 18.2 Å². The number of aromatic nitrogens is 1. The van der Waals surface area contributed by atoms with Gasteiger partial charge >= 0.3 is 5.82 Å². The lowest BCUT2D eigenvalue weighted by molar-refractivity contribution is -0.389. The lowest BCUT2D eigenvalue weighted by Crippen LogP contribution is -2.23. The molecule has 2 heterocycles. The van der Waals surface area contributed by atoms with Crippen LogP contribution in [-0.4, -0.2) is 15.8 Å². The highest BCUT2D eigenvalue weighted by molar-refractivity contribution is 9.10. The Hall–Kier alpha value is -2.22. The topological polar surface area (TPSA) is 98.3 Å². The van der Waals surface area contributed by atoms with Crippen molar-refractivity contribution in [1.82, 2.24) is 10.3 Å². The number of pyridine rings is 1. The van der Waals surface area contributed by atoms with Crippen molar-refractivity contribution in [2.75, 3.05) is 0 Å². The number of nitro groups is 1. The number of nitrogens with zero attached hydrogens (tertiary/aromatic N) is 2. The van der Waals surface area contributed by atoms with E-state index < -0.39 is 10.8 Å². The van der Waals surface area contributed by atoms with E-state index in [1.807, 2.05) is 0 Å². The van der Waals surface area contributed by atoms with E-state index in [0.29, 0.717) is 4.47 Å². The summed E-state index contributed by atoms with van der Waals surface area (Å²) in [7, 11) is 0. The molecule has 19 heavy (non-hydrogen) atoms. The highest BCUT2D eigenvalue weighted by Gasteiger charge is 2.17. The van der Waals surface area contributed by atoms with E-state index >= 15 is 0 Å². The Bertz CT molecular complexity index is 612. The first-order valence-electron chi connectivity index (χ1n) is 5.17. The first-order chi connectivity index (χ1) is 9.08. The molecule has 7 nitrogen and oxygen atoms in total. The standard InChI is InChI=1S/C11H8BrN3O4/c12-9-5-13-10(15(17)18)3-8(9)11(16)14-4-7-1-2-19-6-7/h1-3,5-6H,4H2,(H,14,16). The zero-order valence-electron chi connectivity index (χ0n) is 9.50. The van der Waals surface area contributed by atoms with Crippen LogP contribution in [0, 0.1) is 10.1 Å². The van der Waals surface area contributed by atoms with E-state index in [2.05, 4.69) is 26.2 Å². The second kappa shape index (κ2) is 5.61. The maximum absolute atomic E-state index is 11.9. The fourth-order valence-corrected chi connectivity index (χ4v) is 1.77. The summed E-state index contributed by atoms with van der Waals surface area (Å²) in [5.74, 6) is -0.810. The maximum Gasteiger partial charge on any atom is 0.364 e. The third kappa shape index (κ3) is 3.16. The van der Waals surface area contributed by atoms with Crippen LogP contribution in [0.3, 0.4) is 0 Å². The van der Waals surface area contributed by atoms with E-state index in [0.717, 1.165) is 11.6 Å². The fraction of sp³-hybridized carbons (Fsp3) is 0.0909. The number of carbonyl (C=O) groups excluding carboxylic acids is 1. The molecule has 0 saturated heterocycles. The average Bonchev–Trinajstić information content (AvgIpc) is 2.89. The average molecular weight is 326 g/mol. The Balaban J connectivity index is 2.14. The maximum atomic E-state index is 11.9. The minimum absolute atomic E-state index is 0.158. The van der Waals surface area contributed by atoms with Gasteiger partial charge in [0.25, 0.3) is 5.91 Å². The Morgan fingerprint density at radius 3 is 3.00 bits per heavy atom. The van der Waals surface area contributed by atoms with Crippen LogP contribution in [0.2, 0.25) is 0 Å². The van der Waals surface area contributed by atoms with Gasteiger partial charge in [-0.2, -0.15) is 0 Å². The van der Waals surface area contributed by atoms with Gasteiger partial charge in [0.1, 0.15) is 0 Å². The molecule has 98 valence electrons. The first-order valence-corrected chi connectivity index (χ1v) is 5.96. The van der Waals surface area contributed by atoms with E-state index in [9.17, 15) is 14.9 Å². The molecule has 0 radical (unpaired) electrons. The van der Waals surface area contributed by atoms with Crippen LogP contribution in [0.4, 0.5) is 5.82 Å². The summed E-state index contributed by atoms with van der Waals surface area (Å²) >= 11 is 3.13. The third-order valence-corrected chi connectivity index (χ3v) is 2.94. The van der Waals surface area contributed by atoms with Gasteiger partial charge in [0.2, 0.25) is 0 Å². The van der Waals surface area contributed by atoms with Gasteiger partial charge in [-0.25, -0.2) is 0 Å². The molecular formula is C11H8BrN3O4. The Kier molecular flexibility index (Phi) is 3.91. The van der Waals surface area contributed by atoms with Crippen molar-refractivity contribution >= 4 is 27.7 Å². The molecule has 0 saturated carbocycles. The Morgan fingerprint density at radius 1 is 1.58 bits per heavy atom. The van der Waals surface area contributed by atoms with Crippen LogP contribution in [0.25, 0.3) is 0 Å². The second-order valence-corrected chi connectivity index (χ2v) is 4.45. The van der Waals surface area contributed by atoms with Gasteiger partial charge in [-0.1, -0.05) is 0 Å². The van der Waals surface area contributed by atoms with E-state index in [-0.39, 0.29) is 17.9 Å². The molecule has 2 rings (SSSR count). The number of halogens is 1. The van der Waals surface area contributed by atoms with Gasteiger partial charge in [0.15, 0.2) is 6.20 Å². The number of hydrogen-bond acceptors (Lipinski definition) is 5. The molecular weight excluding hydrogens is 318 g/mol. The molecule has 0 fully saturated rings. The SMILES string of the molecule is O=C(NCc1ccoc1)c1cc([N+](=O)[O-])ncc1Br. The largest absolute Gasteiger partial charge is 0.472 e. The zero-order chi connectivity index (χ0) is 13.8. The van der Waals surface area contributed by atoms with Crippen LogP contribution < -0.4 is 5.32 Å². The molecule has 0 aliphatic rings. The number of amides is 1. The van der Waals surface area contributed by atoms with Crippen molar-refractivity contribution < 1.29 is 14.1 Å². The summed E-state index contributed by atoms with van der Waals surface area (Å²) < 4.78 is 5.26. The minimum atomic E-state index is -0.653. The Labute approximate surface area is 115 Å². The van der Waals surface area contributed by atoms with E-state index in [1.54, 1.807) is 6.07 Å². The van der Waals surface area contributed by atoms with E-state index in [4.69, 9.17) is 4.42 Å². The smallest absolute Gasteiger partial charge is 0.364 e. The summed E-state index contributed by atoms with van der Waals surface area (Å²) in [6.45, 7) is 0.276. The highest BCUT2D eigenvalue weighted by Crippen LogP contribution is 2.19. The molecule has 0 unspecified atom stereocenters. The van der Waals surface area contributed by atoms with Gasteiger partial charge in [-0.15, -0.1) is 0 Å². The third-order valence-electron chi connectivity index (χ3n) is 2.31. The van der Waals surface area contributed by atoms with Crippen LogP contribution in [0.5, 0.6) is 0 Å². The predicted octanol–water partition coefficient (Wildman–Crippen LogP) is 2.28. The van der Waals surface area contributed by atoms with E-state index in [1.165, 1.54) is 18.7 Å². The van der Waals surface area contributed by atoms with Crippen molar-refractivity contribution in [3.05, 3.63) is 56.6 Å². The fourth-order valence-electron chi connectivity index (χ4n) is 1.37. The normalized spacial score (nSPS) is 10.2. The highest BCUT2D eigenvalue weighted by atomic mass is 79.9. The summed E-state index contributed by atoms with van der Waals surface area (Å²) in [4.78, 5) is 25.5. The first kappa shape index (κ1) is 13.2. The second-order valence-electron chi connectivity index (χ2n) is 3.59. The van der Waals surface area contributed by atoms with Crippen LogP contribution in [0.1, 0.15) is 15.9 Å². The number of furan rings is 1. The minimum Gasteiger partial charge on any atom is -0.472 e. The molecule has 0 aliphatic heterocycles. The molecule has 1 amide bonds. The van der Waals surface area contributed by atoms with Crippen LogP contribution in [0.15, 0.2) is 39.7 Å². The molecule has 8 heteroatoms. The quantitative estimate of drug-likeness (QED) is 0.686. The van der Waals surface area contributed by atoms with Crippen molar-refractivity contribution in [3.63, 3.8) is 0 Å². The monoisotopic (exact) mass is 325 g/mol. The Morgan fingerprint density at radius 2 is 2.37 bits per heavy atom. The zero-order valence-corrected chi connectivity index (χ0v) is 11.1. The molecule has 0 aliphatic carbocycles. The number of nitrogens with one attached hydrogen (secondary N) is 1. The molecule has 2 aromatic heterocycles. The lowest BCUT2D eigenvalue weighted by Gasteiger charge is -2.04. The van der Waals surface area contributed by atoms with Crippen molar-refractivity contribution in [1.29, 1.82) is 0 Å². The summed E-state index contributed by atoms with van der Waals surface area (Å²) in [6, 6.07) is 2.83. The molecule has 0 spiro atoms. The van der Waals surface area contributed by atoms with Gasteiger partial charge in [-0.05, 0) is 31.9 Å². The molecule has 0 atom stereocenters. The summed E-state index contributed by atoms with van der Waals surface area (Å²) in [5, 5.41) is 13.2. The van der Waals surface area contributed by atoms with Crippen LogP contribution in [-0.2, 0) is 6.54 Å². The van der Waals surface area contributed by atoms with Gasteiger partial charge in [-0.3, -0.25) is 4.79 Å². The molecule has 2 aromatic rings. The summed E-state index contributed by atoms with van der Waals surface area (Å²) in [5.41, 5.74) is 0.957. The van der Waals surface area contributed by atoms with Gasteiger partial charge < -0.3 is 19.8 Å². The number of carbonyl (C=O) groups is 1. The summed E-state index contributed by atoms with van der Waals surface area (Å²) in [6.07, 6.45) is 4.23. The number of hydrogen-bond donors (Lipinski definition) is 1. The van der Waals surface area contributed by atoms with Gasteiger partial charge in [0.05, 0.1) is 22.6 Å². The number of rotatable bonds is 4. The van der Waals surface area contributed by atoms with Crippen molar-refractivity contribution in [2.45, 2.75) is 6.54 Å². The lowest BCUT2D eigenvalue weighted by atomic mass is 10.2.